The van der Waals surface area contributed by atoms with Gasteiger partial charge in [-0.3, -0.25) is 0 Å². The summed E-state index contributed by atoms with van der Waals surface area (Å²) in [5.41, 5.74) is 6.95. The number of rotatable bonds is 2. The largest absolute Gasteiger partial charge is 0.392 e. The molecule has 2 amide bonds. The number of aryl methyl sites for hydroxylation is 1. The van der Waals surface area contributed by atoms with Crippen LogP contribution in [0.2, 0.25) is 5.02 Å². The molecule has 1 aliphatic heterocycles. The maximum absolute atomic E-state index is 13.1. The number of alkyl halides is 3. The van der Waals surface area contributed by atoms with Gasteiger partial charge in [0.2, 0.25) is 0 Å². The van der Waals surface area contributed by atoms with Gasteiger partial charge in [-0.25, -0.2) is 4.79 Å². The highest BCUT2D eigenvalue weighted by atomic mass is 35.5. The number of carbonyl (C=O) groups excluding carboxylic acids is 1. The maximum atomic E-state index is 13.1. The van der Waals surface area contributed by atoms with E-state index in [1.165, 1.54) is 4.90 Å². The van der Waals surface area contributed by atoms with E-state index in [-0.39, 0.29) is 26.1 Å². The number of amides is 2. The van der Waals surface area contributed by atoms with Gasteiger partial charge in [0.1, 0.15) is 0 Å². The lowest BCUT2D eigenvalue weighted by molar-refractivity contribution is -0.197. The van der Waals surface area contributed by atoms with Crippen molar-refractivity contribution < 1.29 is 18.0 Å². The Kier molecular flexibility index (Phi) is 5.53. The number of hydrogen-bond acceptors (Lipinski definition) is 2. The summed E-state index contributed by atoms with van der Waals surface area (Å²) in [6, 6.07) is 8.73. The molecule has 2 atom stereocenters. The van der Waals surface area contributed by atoms with Crippen LogP contribution in [0.1, 0.15) is 12.0 Å². The third-order valence-corrected chi connectivity index (χ3v) is 5.48. The van der Waals surface area contributed by atoms with Gasteiger partial charge in [-0.1, -0.05) is 35.9 Å². The molecule has 3 rings (SSSR count). The fourth-order valence-corrected chi connectivity index (χ4v) is 4.03. The molecule has 0 aromatic heterocycles. The van der Waals surface area contributed by atoms with Crippen molar-refractivity contribution in [2.75, 3.05) is 25.0 Å². The Morgan fingerprint density at radius 2 is 2.00 bits per heavy atom. The molecule has 4 nitrogen and oxygen atoms in total. The standard InChI is InChI=1S/C19H21ClF3N3O/c1-11-8-16(20)13-4-2-3-5-14(13)17(11)25-18(27)26-7-6-15(19(21,22)23)12(9-24)10-26/h2-5,8,12,15H,6-7,9-10,24H2,1H3,(H,25,27). The van der Waals surface area contributed by atoms with Crippen LogP contribution >= 0.6 is 11.6 Å². The van der Waals surface area contributed by atoms with Gasteiger partial charge in [-0.2, -0.15) is 13.2 Å². The molecule has 1 fully saturated rings. The first-order valence-electron chi connectivity index (χ1n) is 8.73. The van der Waals surface area contributed by atoms with Gasteiger partial charge < -0.3 is 16.0 Å². The number of piperidine rings is 1. The summed E-state index contributed by atoms with van der Waals surface area (Å²) in [5.74, 6) is -2.27. The molecule has 1 aliphatic rings. The second kappa shape index (κ2) is 7.56. The van der Waals surface area contributed by atoms with Crippen LogP contribution in [0.15, 0.2) is 30.3 Å². The molecule has 0 radical (unpaired) electrons. The summed E-state index contributed by atoms with van der Waals surface area (Å²) in [6.45, 7) is 1.73. The van der Waals surface area contributed by atoms with Crippen molar-refractivity contribution in [3.63, 3.8) is 0 Å². The molecule has 0 bridgehead atoms. The molecular weight excluding hydrogens is 379 g/mol. The summed E-state index contributed by atoms with van der Waals surface area (Å²) >= 11 is 6.27. The average molecular weight is 400 g/mol. The Labute approximate surface area is 160 Å². The number of hydrogen-bond donors (Lipinski definition) is 2. The molecule has 1 saturated heterocycles. The fourth-order valence-electron chi connectivity index (χ4n) is 3.70. The van der Waals surface area contributed by atoms with Crippen molar-refractivity contribution in [1.82, 2.24) is 4.90 Å². The topological polar surface area (TPSA) is 58.4 Å². The molecule has 3 N–H and O–H groups in total. The van der Waals surface area contributed by atoms with Crippen LogP contribution < -0.4 is 11.1 Å². The van der Waals surface area contributed by atoms with E-state index < -0.39 is 24.0 Å². The summed E-state index contributed by atoms with van der Waals surface area (Å²) in [6.07, 6.45) is -4.44. The number of fused-ring (bicyclic) bond motifs is 1. The van der Waals surface area contributed by atoms with Gasteiger partial charge >= 0.3 is 12.2 Å². The monoisotopic (exact) mass is 399 g/mol. The van der Waals surface area contributed by atoms with Gasteiger partial charge in [0.05, 0.1) is 11.6 Å². The Balaban J connectivity index is 1.82. The van der Waals surface area contributed by atoms with Crippen LogP contribution in [0.4, 0.5) is 23.7 Å². The van der Waals surface area contributed by atoms with E-state index in [1.54, 1.807) is 6.07 Å². The molecule has 8 heteroatoms. The number of nitrogens with zero attached hydrogens (tertiary/aromatic N) is 1. The third-order valence-electron chi connectivity index (χ3n) is 5.17. The second-order valence-electron chi connectivity index (χ2n) is 6.90. The Bertz CT molecular complexity index is 856. The van der Waals surface area contributed by atoms with Crippen molar-refractivity contribution in [2.24, 2.45) is 17.6 Å². The summed E-state index contributed by atoms with van der Waals surface area (Å²) in [5, 5.41) is 5.02. The van der Waals surface area contributed by atoms with Crippen molar-refractivity contribution >= 4 is 34.1 Å². The summed E-state index contributed by atoms with van der Waals surface area (Å²) in [7, 11) is 0. The van der Waals surface area contributed by atoms with E-state index in [4.69, 9.17) is 17.3 Å². The molecule has 0 spiro atoms. The van der Waals surface area contributed by atoms with Crippen LogP contribution in [0.5, 0.6) is 0 Å². The first kappa shape index (κ1) is 19.8. The van der Waals surface area contributed by atoms with Crippen LogP contribution in [0.25, 0.3) is 10.8 Å². The zero-order valence-corrected chi connectivity index (χ0v) is 15.6. The number of carbonyl (C=O) groups is 1. The number of likely N-dealkylation sites (tertiary alicyclic amines) is 1. The van der Waals surface area contributed by atoms with E-state index in [0.29, 0.717) is 10.7 Å². The Morgan fingerprint density at radius 1 is 1.33 bits per heavy atom. The van der Waals surface area contributed by atoms with E-state index in [1.807, 2.05) is 31.2 Å². The molecule has 0 saturated carbocycles. The smallest absolute Gasteiger partial charge is 0.330 e. The lowest BCUT2D eigenvalue weighted by Crippen LogP contribution is -2.51. The Morgan fingerprint density at radius 3 is 2.63 bits per heavy atom. The molecule has 2 unspecified atom stereocenters. The van der Waals surface area contributed by atoms with Gasteiger partial charge in [0, 0.05) is 34.8 Å². The van der Waals surface area contributed by atoms with E-state index in [0.717, 1.165) is 16.3 Å². The first-order chi connectivity index (χ1) is 12.7. The molecule has 27 heavy (non-hydrogen) atoms. The van der Waals surface area contributed by atoms with Gasteiger partial charge in [0.25, 0.3) is 0 Å². The third kappa shape index (κ3) is 3.99. The number of urea groups is 1. The molecule has 0 aliphatic carbocycles. The number of halogens is 4. The van der Waals surface area contributed by atoms with Crippen molar-refractivity contribution in [3.05, 3.63) is 40.9 Å². The predicted molar refractivity (Wildman–Crippen MR) is 101 cm³/mol. The molecule has 1 heterocycles. The van der Waals surface area contributed by atoms with Crippen molar-refractivity contribution in [1.29, 1.82) is 0 Å². The fraction of sp³-hybridized carbons (Fsp3) is 0.421. The normalized spacial score (nSPS) is 20.7. The highest BCUT2D eigenvalue weighted by Gasteiger charge is 2.47. The minimum Gasteiger partial charge on any atom is -0.330 e. The summed E-state index contributed by atoms with van der Waals surface area (Å²) < 4.78 is 39.4. The highest BCUT2D eigenvalue weighted by Crippen LogP contribution is 2.38. The molecule has 2 aromatic rings. The zero-order chi connectivity index (χ0) is 19.8. The zero-order valence-electron chi connectivity index (χ0n) is 14.8. The van der Waals surface area contributed by atoms with Gasteiger partial charge in [-0.15, -0.1) is 0 Å². The minimum absolute atomic E-state index is 0.0168. The predicted octanol–water partition coefficient (Wildman–Crippen LogP) is 4.79. The number of nitrogens with one attached hydrogen (secondary N) is 1. The van der Waals surface area contributed by atoms with E-state index in [9.17, 15) is 18.0 Å². The highest BCUT2D eigenvalue weighted by molar-refractivity contribution is 6.36. The number of benzene rings is 2. The molecular formula is C19H21ClF3N3O. The minimum atomic E-state index is -4.30. The average Bonchev–Trinajstić information content (AvgIpc) is 2.63. The molecule has 2 aromatic carbocycles. The first-order valence-corrected chi connectivity index (χ1v) is 9.10. The number of nitrogens with two attached hydrogens (primary N) is 1. The number of anilines is 1. The Hall–Kier alpha value is -1.99. The van der Waals surface area contributed by atoms with Gasteiger partial charge in [0.15, 0.2) is 0 Å². The lowest BCUT2D eigenvalue weighted by Gasteiger charge is -2.38. The quantitative estimate of drug-likeness (QED) is 0.762. The second-order valence-corrected chi connectivity index (χ2v) is 7.31. The van der Waals surface area contributed by atoms with E-state index in [2.05, 4.69) is 5.32 Å². The van der Waals surface area contributed by atoms with Crippen LogP contribution in [-0.2, 0) is 0 Å². The van der Waals surface area contributed by atoms with Crippen molar-refractivity contribution in [3.8, 4) is 0 Å². The van der Waals surface area contributed by atoms with E-state index >= 15 is 0 Å². The van der Waals surface area contributed by atoms with Crippen LogP contribution in [0.3, 0.4) is 0 Å². The maximum Gasteiger partial charge on any atom is 0.392 e. The van der Waals surface area contributed by atoms with Crippen LogP contribution in [-0.4, -0.2) is 36.7 Å². The van der Waals surface area contributed by atoms with Gasteiger partial charge in [-0.05, 0) is 31.5 Å². The summed E-state index contributed by atoms with van der Waals surface area (Å²) in [4.78, 5) is 14.1. The van der Waals surface area contributed by atoms with Crippen molar-refractivity contribution in [2.45, 2.75) is 19.5 Å². The molecule has 146 valence electrons. The SMILES string of the molecule is Cc1cc(Cl)c2ccccc2c1NC(=O)N1CCC(C(F)(F)F)C(CN)C1. The van der Waals surface area contributed by atoms with Crippen LogP contribution in [0, 0.1) is 18.8 Å². The lowest BCUT2D eigenvalue weighted by atomic mass is 9.85.